The van der Waals surface area contributed by atoms with Crippen LogP contribution in [0.2, 0.25) is 0 Å². The highest BCUT2D eigenvalue weighted by atomic mass is 79.9. The Morgan fingerprint density at radius 1 is 1.04 bits per heavy atom. The van der Waals surface area contributed by atoms with Crippen molar-refractivity contribution in [3.63, 3.8) is 0 Å². The summed E-state index contributed by atoms with van der Waals surface area (Å²) in [4.78, 5) is 17.1. The number of benzene rings is 2. The van der Waals surface area contributed by atoms with E-state index in [4.69, 9.17) is 0 Å². The van der Waals surface area contributed by atoms with Crippen LogP contribution >= 0.6 is 15.9 Å². The topological polar surface area (TPSA) is 23.6 Å². The van der Waals surface area contributed by atoms with Gasteiger partial charge in [-0.25, -0.2) is 0 Å². The molecule has 0 unspecified atom stereocenters. The van der Waals surface area contributed by atoms with Gasteiger partial charge in [-0.2, -0.15) is 0 Å². The molecule has 1 heterocycles. The number of nitrogens with zero attached hydrogens (tertiary/aromatic N) is 2. The number of hydrogen-bond donors (Lipinski definition) is 0. The first kappa shape index (κ1) is 17.2. The highest BCUT2D eigenvalue weighted by Crippen LogP contribution is 2.19. The minimum absolute atomic E-state index is 0.148. The largest absolute Gasteiger partial charge is 0.336 e. The molecule has 0 aromatic heterocycles. The van der Waals surface area contributed by atoms with Crippen molar-refractivity contribution < 1.29 is 4.79 Å². The fraction of sp³-hybridized carbons (Fsp3) is 0.350. The molecule has 24 heavy (non-hydrogen) atoms. The summed E-state index contributed by atoms with van der Waals surface area (Å²) in [6, 6.07) is 14.5. The van der Waals surface area contributed by atoms with Crippen molar-refractivity contribution in [3.05, 3.63) is 69.2 Å². The van der Waals surface area contributed by atoms with Crippen molar-refractivity contribution in [1.29, 1.82) is 0 Å². The molecule has 3 rings (SSSR count). The van der Waals surface area contributed by atoms with Crippen LogP contribution in [0.4, 0.5) is 0 Å². The van der Waals surface area contributed by atoms with E-state index in [1.165, 1.54) is 11.1 Å². The Bertz CT molecular complexity index is 736. The molecule has 2 aromatic rings. The highest BCUT2D eigenvalue weighted by molar-refractivity contribution is 9.10. The Morgan fingerprint density at radius 3 is 2.46 bits per heavy atom. The Labute approximate surface area is 152 Å². The summed E-state index contributed by atoms with van der Waals surface area (Å²) in [5.41, 5.74) is 4.48. The third kappa shape index (κ3) is 4.05. The van der Waals surface area contributed by atoms with Gasteiger partial charge < -0.3 is 4.90 Å². The van der Waals surface area contributed by atoms with Gasteiger partial charge in [0.05, 0.1) is 0 Å². The summed E-state index contributed by atoms with van der Waals surface area (Å²) in [5.74, 6) is 0.148. The van der Waals surface area contributed by atoms with Gasteiger partial charge in [0.2, 0.25) is 0 Å². The zero-order valence-electron chi connectivity index (χ0n) is 14.3. The zero-order valence-corrected chi connectivity index (χ0v) is 15.8. The third-order valence-corrected chi connectivity index (χ3v) is 5.06. The van der Waals surface area contributed by atoms with Crippen molar-refractivity contribution in [3.8, 4) is 0 Å². The summed E-state index contributed by atoms with van der Waals surface area (Å²) in [6.45, 7) is 8.51. The van der Waals surface area contributed by atoms with Crippen LogP contribution in [0.5, 0.6) is 0 Å². The number of hydrogen-bond acceptors (Lipinski definition) is 2. The first-order valence-corrected chi connectivity index (χ1v) is 9.15. The standard InChI is InChI=1S/C20H23BrN2O/c1-15-4-3-5-17(12-15)14-22-8-10-23(11-9-22)20(24)19-7-6-18(21)13-16(19)2/h3-7,12-13H,8-11,14H2,1-2H3. The number of carbonyl (C=O) groups excluding carboxylic acids is 1. The van der Waals surface area contributed by atoms with E-state index in [2.05, 4.69) is 52.0 Å². The van der Waals surface area contributed by atoms with Crippen LogP contribution in [0.1, 0.15) is 27.0 Å². The Balaban J connectivity index is 1.59. The van der Waals surface area contributed by atoms with Crippen LogP contribution < -0.4 is 0 Å². The molecule has 0 saturated carbocycles. The quantitative estimate of drug-likeness (QED) is 0.794. The Morgan fingerprint density at radius 2 is 1.79 bits per heavy atom. The molecule has 0 aliphatic carbocycles. The van der Waals surface area contributed by atoms with Gasteiger partial charge in [-0.05, 0) is 43.2 Å². The van der Waals surface area contributed by atoms with Crippen molar-refractivity contribution in [2.24, 2.45) is 0 Å². The van der Waals surface area contributed by atoms with Crippen molar-refractivity contribution in [2.45, 2.75) is 20.4 Å². The normalized spacial score (nSPS) is 15.5. The Hall–Kier alpha value is -1.65. The number of carbonyl (C=O) groups is 1. The van der Waals surface area contributed by atoms with Crippen LogP contribution in [-0.2, 0) is 6.54 Å². The lowest BCUT2D eigenvalue weighted by atomic mass is 10.1. The average molecular weight is 387 g/mol. The molecular weight excluding hydrogens is 364 g/mol. The van der Waals surface area contributed by atoms with E-state index in [-0.39, 0.29) is 5.91 Å². The first-order chi connectivity index (χ1) is 11.5. The van der Waals surface area contributed by atoms with Gasteiger partial charge >= 0.3 is 0 Å². The molecule has 0 atom stereocenters. The van der Waals surface area contributed by atoms with Gasteiger partial charge in [-0.15, -0.1) is 0 Å². The number of aryl methyl sites for hydroxylation is 2. The van der Waals surface area contributed by atoms with Crippen molar-refractivity contribution in [2.75, 3.05) is 26.2 Å². The maximum atomic E-state index is 12.7. The molecule has 126 valence electrons. The second-order valence-electron chi connectivity index (χ2n) is 6.52. The van der Waals surface area contributed by atoms with E-state index in [1.807, 2.05) is 30.0 Å². The van der Waals surface area contributed by atoms with Crippen LogP contribution in [-0.4, -0.2) is 41.9 Å². The molecule has 1 amide bonds. The van der Waals surface area contributed by atoms with Crippen LogP contribution in [0, 0.1) is 13.8 Å². The van der Waals surface area contributed by atoms with Crippen LogP contribution in [0.25, 0.3) is 0 Å². The number of amides is 1. The van der Waals surface area contributed by atoms with E-state index >= 15 is 0 Å². The maximum absolute atomic E-state index is 12.7. The molecule has 3 nitrogen and oxygen atoms in total. The van der Waals surface area contributed by atoms with Gasteiger partial charge in [0.15, 0.2) is 0 Å². The molecule has 4 heteroatoms. The minimum atomic E-state index is 0.148. The smallest absolute Gasteiger partial charge is 0.254 e. The maximum Gasteiger partial charge on any atom is 0.254 e. The average Bonchev–Trinajstić information content (AvgIpc) is 2.55. The van der Waals surface area contributed by atoms with Crippen molar-refractivity contribution in [1.82, 2.24) is 9.80 Å². The monoisotopic (exact) mass is 386 g/mol. The molecule has 1 fully saturated rings. The predicted octanol–water partition coefficient (Wildman–Crippen LogP) is 4.02. The van der Waals surface area contributed by atoms with Gasteiger partial charge in [0.1, 0.15) is 0 Å². The molecule has 1 aliphatic rings. The van der Waals surface area contributed by atoms with Crippen molar-refractivity contribution >= 4 is 21.8 Å². The summed E-state index contributed by atoms with van der Waals surface area (Å²) in [6.07, 6.45) is 0. The molecule has 1 aliphatic heterocycles. The molecule has 1 saturated heterocycles. The second-order valence-corrected chi connectivity index (χ2v) is 7.43. The molecular formula is C20H23BrN2O. The molecule has 0 N–H and O–H groups in total. The lowest BCUT2D eigenvalue weighted by molar-refractivity contribution is 0.0628. The van der Waals surface area contributed by atoms with E-state index in [1.54, 1.807) is 0 Å². The lowest BCUT2D eigenvalue weighted by Crippen LogP contribution is -2.48. The zero-order chi connectivity index (χ0) is 17.1. The SMILES string of the molecule is Cc1cccc(CN2CCN(C(=O)c3ccc(Br)cc3C)CC2)c1. The van der Waals surface area contributed by atoms with Gasteiger partial charge in [0, 0.05) is 42.8 Å². The minimum Gasteiger partial charge on any atom is -0.336 e. The van der Waals surface area contributed by atoms with E-state index < -0.39 is 0 Å². The fourth-order valence-corrected chi connectivity index (χ4v) is 3.69. The highest BCUT2D eigenvalue weighted by Gasteiger charge is 2.23. The van der Waals surface area contributed by atoms with Crippen LogP contribution in [0.15, 0.2) is 46.9 Å². The summed E-state index contributed by atoms with van der Waals surface area (Å²) < 4.78 is 1.01. The Kier molecular flexibility index (Phi) is 5.36. The van der Waals surface area contributed by atoms with E-state index in [0.717, 1.165) is 48.3 Å². The molecule has 2 aromatic carbocycles. The number of piperazine rings is 1. The number of rotatable bonds is 3. The fourth-order valence-electron chi connectivity index (χ4n) is 3.22. The van der Waals surface area contributed by atoms with E-state index in [0.29, 0.717) is 0 Å². The predicted molar refractivity (Wildman–Crippen MR) is 101 cm³/mol. The van der Waals surface area contributed by atoms with E-state index in [9.17, 15) is 4.79 Å². The van der Waals surface area contributed by atoms with Gasteiger partial charge in [-0.1, -0.05) is 45.8 Å². The third-order valence-electron chi connectivity index (χ3n) is 4.57. The van der Waals surface area contributed by atoms with Gasteiger partial charge in [0.25, 0.3) is 5.91 Å². The summed E-state index contributed by atoms with van der Waals surface area (Å²) in [5, 5.41) is 0. The molecule has 0 radical (unpaired) electrons. The summed E-state index contributed by atoms with van der Waals surface area (Å²) >= 11 is 3.45. The number of halogens is 1. The molecule has 0 spiro atoms. The molecule has 0 bridgehead atoms. The first-order valence-electron chi connectivity index (χ1n) is 8.36. The van der Waals surface area contributed by atoms with Crippen LogP contribution in [0.3, 0.4) is 0 Å². The van der Waals surface area contributed by atoms with Gasteiger partial charge in [-0.3, -0.25) is 9.69 Å². The summed E-state index contributed by atoms with van der Waals surface area (Å²) in [7, 11) is 0. The second kappa shape index (κ2) is 7.49. The lowest BCUT2D eigenvalue weighted by Gasteiger charge is -2.35.